The largest absolute Gasteiger partial charge is 0.490 e. The average molecular weight is 555 g/mol. The van der Waals surface area contributed by atoms with E-state index in [1.165, 1.54) is 41.5 Å². The number of likely N-dealkylation sites (tertiary alicyclic amines) is 1. The van der Waals surface area contributed by atoms with E-state index in [9.17, 15) is 4.39 Å². The Morgan fingerprint density at radius 2 is 1.66 bits per heavy atom. The first kappa shape index (κ1) is 30.6. The summed E-state index contributed by atoms with van der Waals surface area (Å²) in [6.45, 7) is 18.0. The van der Waals surface area contributed by atoms with Gasteiger partial charge in [-0.1, -0.05) is 68.1 Å². The second-order valence-corrected chi connectivity index (χ2v) is 11.3. The molecule has 1 saturated heterocycles. The minimum atomic E-state index is -0.202. The van der Waals surface area contributed by atoms with E-state index in [0.29, 0.717) is 0 Å². The van der Waals surface area contributed by atoms with Crippen LogP contribution >= 0.6 is 0 Å². The molecule has 1 saturated carbocycles. The maximum Gasteiger partial charge on any atom is 0.123 e. The van der Waals surface area contributed by atoms with Gasteiger partial charge in [-0.3, -0.25) is 0 Å². The summed E-state index contributed by atoms with van der Waals surface area (Å²) in [4.78, 5) is 2.54. The molecule has 1 N–H and O–H groups in total. The molecule has 0 bridgehead atoms. The molecule has 1 atom stereocenters. The van der Waals surface area contributed by atoms with Crippen LogP contribution in [0.25, 0.3) is 5.57 Å². The molecule has 1 heterocycles. The fraction of sp³-hybridized carbons (Fsp3) is 0.405. The third-order valence-electron chi connectivity index (χ3n) is 8.34. The second-order valence-electron chi connectivity index (χ2n) is 11.3. The van der Waals surface area contributed by atoms with Gasteiger partial charge in [0.05, 0.1) is 6.10 Å². The van der Waals surface area contributed by atoms with E-state index < -0.39 is 0 Å². The van der Waals surface area contributed by atoms with Crippen molar-refractivity contribution in [2.24, 2.45) is 0 Å². The van der Waals surface area contributed by atoms with Crippen LogP contribution in [-0.4, -0.2) is 30.6 Å². The lowest BCUT2D eigenvalue weighted by Gasteiger charge is -2.30. The van der Waals surface area contributed by atoms with Crippen molar-refractivity contribution in [3.63, 3.8) is 0 Å². The lowest BCUT2D eigenvalue weighted by Crippen LogP contribution is -2.31. The van der Waals surface area contributed by atoms with Crippen LogP contribution < -0.4 is 5.32 Å². The smallest absolute Gasteiger partial charge is 0.123 e. The molecule has 2 aliphatic rings. The van der Waals surface area contributed by atoms with Crippen molar-refractivity contribution < 1.29 is 9.13 Å². The summed E-state index contributed by atoms with van der Waals surface area (Å²) < 4.78 is 20.0. The Bertz CT molecular complexity index is 1250. The van der Waals surface area contributed by atoms with Crippen LogP contribution in [0.2, 0.25) is 0 Å². The van der Waals surface area contributed by atoms with Gasteiger partial charge in [0.2, 0.25) is 0 Å². The molecular formula is C37H47FN2O. The fourth-order valence-electron chi connectivity index (χ4n) is 6.01. The van der Waals surface area contributed by atoms with E-state index in [-0.39, 0.29) is 18.0 Å². The van der Waals surface area contributed by atoms with Crippen molar-refractivity contribution in [3.8, 4) is 0 Å². The van der Waals surface area contributed by atoms with E-state index >= 15 is 0 Å². The Kier molecular flexibility index (Phi) is 11.2. The summed E-state index contributed by atoms with van der Waals surface area (Å²) >= 11 is 0. The van der Waals surface area contributed by atoms with Gasteiger partial charge in [-0.2, -0.15) is 0 Å². The van der Waals surface area contributed by atoms with Gasteiger partial charge in [-0.25, -0.2) is 4.39 Å². The highest BCUT2D eigenvalue weighted by Gasteiger charge is 2.20. The summed E-state index contributed by atoms with van der Waals surface area (Å²) in [7, 11) is 0. The normalized spacial score (nSPS) is 17.8. The van der Waals surface area contributed by atoms with Crippen molar-refractivity contribution in [2.45, 2.75) is 77.9 Å². The molecule has 0 amide bonds. The average Bonchev–Trinajstić information content (AvgIpc) is 3.51. The third kappa shape index (κ3) is 8.33. The monoisotopic (exact) mass is 554 g/mol. The molecule has 0 spiro atoms. The number of nitrogens with one attached hydrogen (secondary N) is 1. The quantitative estimate of drug-likeness (QED) is 0.209. The van der Waals surface area contributed by atoms with Crippen molar-refractivity contribution in [1.29, 1.82) is 0 Å². The summed E-state index contributed by atoms with van der Waals surface area (Å²) in [6.07, 6.45) is 14.1. The van der Waals surface area contributed by atoms with E-state index in [0.717, 1.165) is 67.9 Å². The van der Waals surface area contributed by atoms with Gasteiger partial charge < -0.3 is 15.0 Å². The molecule has 2 aromatic rings. The van der Waals surface area contributed by atoms with E-state index in [4.69, 9.17) is 4.74 Å². The minimum Gasteiger partial charge on any atom is -0.490 e. The summed E-state index contributed by atoms with van der Waals surface area (Å²) in [6, 6.07) is 15.8. The standard InChI is InChI=1S/C37H47FN2O/c1-6-23-40-24-21-33(22-25-40)37(32-17-19-34(38)20-18-32)31-15-13-30(14-16-31)28(5)39-27(4)29(7-2)26-35(8-3)41-36-11-9-10-12-36/h7-8,13-20,26,28,36,39H,3-4,6,9-12,21-25H2,1-2,5H3/b29-7+,35-26+. The molecule has 41 heavy (non-hydrogen) atoms. The van der Waals surface area contributed by atoms with Gasteiger partial charge in [-0.05, 0) is 117 Å². The van der Waals surface area contributed by atoms with E-state index in [2.05, 4.69) is 67.6 Å². The third-order valence-corrected chi connectivity index (χ3v) is 8.34. The zero-order valence-electron chi connectivity index (χ0n) is 25.2. The minimum absolute atomic E-state index is 0.0713. The number of hydrogen-bond donors (Lipinski definition) is 1. The molecule has 2 fully saturated rings. The first-order chi connectivity index (χ1) is 19.9. The first-order valence-corrected chi connectivity index (χ1v) is 15.3. The number of allylic oxidation sites excluding steroid dienone is 3. The number of rotatable bonds is 12. The molecule has 0 radical (unpaired) electrons. The molecular weight excluding hydrogens is 507 g/mol. The van der Waals surface area contributed by atoms with Crippen molar-refractivity contribution in [3.05, 3.63) is 125 Å². The number of ether oxygens (including phenoxy) is 1. The lowest BCUT2D eigenvalue weighted by atomic mass is 9.87. The first-order valence-electron chi connectivity index (χ1n) is 15.3. The maximum absolute atomic E-state index is 13.8. The van der Waals surface area contributed by atoms with Gasteiger partial charge in [0.1, 0.15) is 11.6 Å². The lowest BCUT2D eigenvalue weighted by molar-refractivity contribution is 0.131. The highest BCUT2D eigenvalue weighted by atomic mass is 19.1. The van der Waals surface area contributed by atoms with E-state index in [1.54, 1.807) is 18.2 Å². The van der Waals surface area contributed by atoms with Crippen LogP contribution in [0.5, 0.6) is 0 Å². The Morgan fingerprint density at radius 3 is 2.22 bits per heavy atom. The molecule has 2 aromatic carbocycles. The molecule has 1 aliphatic carbocycles. The van der Waals surface area contributed by atoms with Crippen LogP contribution in [0.3, 0.4) is 0 Å². The van der Waals surface area contributed by atoms with Crippen LogP contribution in [0, 0.1) is 5.82 Å². The van der Waals surface area contributed by atoms with Gasteiger partial charge in [-0.15, -0.1) is 0 Å². The molecule has 3 nitrogen and oxygen atoms in total. The highest BCUT2D eigenvalue weighted by molar-refractivity contribution is 5.82. The van der Waals surface area contributed by atoms with Crippen molar-refractivity contribution >= 4 is 5.57 Å². The second kappa shape index (κ2) is 15.0. The maximum atomic E-state index is 13.8. The van der Waals surface area contributed by atoms with Gasteiger partial charge in [0.25, 0.3) is 0 Å². The zero-order chi connectivity index (χ0) is 29.2. The van der Waals surface area contributed by atoms with Crippen molar-refractivity contribution in [1.82, 2.24) is 10.2 Å². The summed E-state index contributed by atoms with van der Waals surface area (Å²) in [5.74, 6) is 0.596. The van der Waals surface area contributed by atoms with Crippen LogP contribution in [-0.2, 0) is 4.74 Å². The Hall–Kier alpha value is -3.37. The number of nitrogens with zero attached hydrogens (tertiary/aromatic N) is 1. The van der Waals surface area contributed by atoms with Gasteiger partial charge in [0.15, 0.2) is 0 Å². The fourth-order valence-corrected chi connectivity index (χ4v) is 6.01. The predicted octanol–water partition coefficient (Wildman–Crippen LogP) is 9.27. The van der Waals surface area contributed by atoms with Gasteiger partial charge >= 0.3 is 0 Å². The molecule has 1 aliphatic heterocycles. The molecule has 4 heteroatoms. The van der Waals surface area contributed by atoms with E-state index in [1.807, 2.05) is 25.1 Å². The SMILES string of the molecule is C=C/C(=C\C(=C/C)C(=C)NC(C)c1ccc(C(=C2CCN(CCC)CC2)c2ccc(F)cc2)cc1)OC1CCCC1. The molecule has 4 rings (SSSR count). The Labute approximate surface area is 247 Å². The van der Waals surface area contributed by atoms with Crippen LogP contribution in [0.4, 0.5) is 4.39 Å². The highest BCUT2D eigenvalue weighted by Crippen LogP contribution is 2.33. The Balaban J connectivity index is 1.49. The van der Waals surface area contributed by atoms with Gasteiger partial charge in [0, 0.05) is 24.8 Å². The van der Waals surface area contributed by atoms with Crippen LogP contribution in [0.15, 0.2) is 103 Å². The predicted molar refractivity (Wildman–Crippen MR) is 171 cm³/mol. The molecule has 218 valence electrons. The summed E-state index contributed by atoms with van der Waals surface area (Å²) in [5, 5.41) is 3.58. The number of hydrogen-bond acceptors (Lipinski definition) is 3. The zero-order valence-corrected chi connectivity index (χ0v) is 25.2. The summed E-state index contributed by atoms with van der Waals surface area (Å²) in [5.41, 5.74) is 8.01. The number of piperidine rings is 1. The number of halogens is 1. The Morgan fingerprint density at radius 1 is 1.05 bits per heavy atom. The topological polar surface area (TPSA) is 24.5 Å². The van der Waals surface area contributed by atoms with Crippen molar-refractivity contribution in [2.75, 3.05) is 19.6 Å². The molecule has 1 unspecified atom stereocenters. The molecule has 0 aromatic heterocycles. The van der Waals surface area contributed by atoms with Crippen LogP contribution in [0.1, 0.15) is 88.4 Å². The number of benzene rings is 2.